The number of amidine groups is 1. The molecule has 174 valence electrons. The zero-order valence-corrected chi connectivity index (χ0v) is 20.5. The maximum atomic E-state index is 12.6. The molecule has 0 saturated carbocycles. The molecule has 7 nitrogen and oxygen atoms in total. The predicted molar refractivity (Wildman–Crippen MR) is 134 cm³/mol. The lowest BCUT2D eigenvalue weighted by Crippen LogP contribution is -2.19. The summed E-state index contributed by atoms with van der Waals surface area (Å²) in [6.45, 7) is 1.86. The van der Waals surface area contributed by atoms with Crippen LogP contribution in [0.25, 0.3) is 6.08 Å². The second-order valence-corrected chi connectivity index (χ2v) is 10.2. The molecule has 0 radical (unpaired) electrons. The number of ether oxygens (including phenoxy) is 1. The third kappa shape index (κ3) is 5.61. The highest BCUT2D eigenvalue weighted by Crippen LogP contribution is 2.34. The van der Waals surface area contributed by atoms with Crippen molar-refractivity contribution in [3.63, 3.8) is 0 Å². The molecule has 0 aliphatic carbocycles. The molecule has 1 aliphatic rings. The quantitative estimate of drug-likeness (QED) is 0.353. The molecule has 1 N–H and O–H groups in total. The average Bonchev–Trinajstić information content (AvgIpc) is 3.14. The van der Waals surface area contributed by atoms with E-state index in [9.17, 15) is 13.2 Å². The molecule has 3 aromatic rings. The summed E-state index contributed by atoms with van der Waals surface area (Å²) < 4.78 is 35.9. The Balaban J connectivity index is 1.55. The third-order valence-electron chi connectivity index (χ3n) is 4.70. The van der Waals surface area contributed by atoms with E-state index in [1.807, 2.05) is 6.92 Å². The molecule has 0 spiro atoms. The average molecular weight is 515 g/mol. The highest BCUT2D eigenvalue weighted by atomic mass is 35.5. The van der Waals surface area contributed by atoms with Gasteiger partial charge in [-0.1, -0.05) is 35.4 Å². The Morgan fingerprint density at radius 3 is 2.38 bits per heavy atom. The number of aryl methyl sites for hydroxylation is 1. The van der Waals surface area contributed by atoms with Gasteiger partial charge in [-0.15, -0.1) is 0 Å². The van der Waals surface area contributed by atoms with Crippen LogP contribution in [0.3, 0.4) is 0 Å². The zero-order valence-electron chi connectivity index (χ0n) is 18.1. The summed E-state index contributed by atoms with van der Waals surface area (Å²) in [5, 5.41) is 3.76. The van der Waals surface area contributed by atoms with E-state index in [2.05, 4.69) is 10.3 Å². The van der Waals surface area contributed by atoms with Gasteiger partial charge in [0.1, 0.15) is 4.90 Å². The van der Waals surface area contributed by atoms with Gasteiger partial charge in [0.15, 0.2) is 16.7 Å². The third-order valence-corrected chi connectivity index (χ3v) is 7.11. The molecule has 1 fully saturated rings. The Morgan fingerprint density at radius 1 is 1.00 bits per heavy atom. The minimum Gasteiger partial charge on any atom is -0.493 e. The monoisotopic (exact) mass is 514 g/mol. The number of benzene rings is 3. The van der Waals surface area contributed by atoms with Crippen LogP contribution in [-0.4, -0.2) is 26.6 Å². The molecule has 0 unspecified atom stereocenters. The van der Waals surface area contributed by atoms with Crippen LogP contribution in [-0.2, 0) is 14.9 Å². The predicted octanol–water partition coefficient (Wildman–Crippen LogP) is 5.32. The Bertz CT molecular complexity index is 1400. The molecule has 10 heteroatoms. The Morgan fingerprint density at radius 2 is 1.71 bits per heavy atom. The molecule has 0 aromatic heterocycles. The van der Waals surface area contributed by atoms with Crippen molar-refractivity contribution in [3.05, 3.63) is 87.8 Å². The van der Waals surface area contributed by atoms with Crippen molar-refractivity contribution < 1.29 is 22.1 Å². The standard InChI is InChI=1S/C24H19ClN2O5S2/c1-15-3-10-19(11-4-15)34(29,30)32-20-12-5-16(13-21(20)31-2)14-22-23(28)27-24(33-22)26-18-8-6-17(25)7-9-18/h3-14H,1-2H3,(H,26,27,28)/b22-14+. The number of nitrogens with zero attached hydrogens (tertiary/aromatic N) is 1. The van der Waals surface area contributed by atoms with E-state index in [0.29, 0.717) is 26.3 Å². The van der Waals surface area contributed by atoms with E-state index in [-0.39, 0.29) is 22.3 Å². The van der Waals surface area contributed by atoms with Crippen molar-refractivity contribution >= 4 is 56.3 Å². The van der Waals surface area contributed by atoms with Crippen LogP contribution < -0.4 is 14.2 Å². The normalized spacial score (nSPS) is 16.0. The van der Waals surface area contributed by atoms with Crippen molar-refractivity contribution in [1.29, 1.82) is 0 Å². The maximum Gasteiger partial charge on any atom is 0.339 e. The number of halogens is 1. The van der Waals surface area contributed by atoms with Gasteiger partial charge in [-0.25, -0.2) is 4.99 Å². The van der Waals surface area contributed by atoms with Crippen LogP contribution >= 0.6 is 23.4 Å². The zero-order chi connectivity index (χ0) is 24.3. The number of carbonyl (C=O) groups is 1. The van der Waals surface area contributed by atoms with Gasteiger partial charge in [-0.3, -0.25) is 4.79 Å². The van der Waals surface area contributed by atoms with Gasteiger partial charge in [-0.2, -0.15) is 8.42 Å². The van der Waals surface area contributed by atoms with E-state index in [1.54, 1.807) is 54.6 Å². The van der Waals surface area contributed by atoms with Crippen molar-refractivity contribution in [3.8, 4) is 11.5 Å². The summed E-state index contributed by atoms with van der Waals surface area (Å²) in [6, 6.07) is 18.0. The topological polar surface area (TPSA) is 94.1 Å². The molecule has 3 aromatic carbocycles. The maximum absolute atomic E-state index is 12.6. The van der Waals surface area contributed by atoms with Gasteiger partial charge in [0.05, 0.1) is 17.7 Å². The number of hydrogen-bond acceptors (Lipinski definition) is 7. The van der Waals surface area contributed by atoms with Crippen LogP contribution in [0.1, 0.15) is 11.1 Å². The van der Waals surface area contributed by atoms with Gasteiger partial charge in [0.2, 0.25) is 0 Å². The van der Waals surface area contributed by atoms with Crippen LogP contribution in [0.5, 0.6) is 11.5 Å². The van der Waals surface area contributed by atoms with Crippen LogP contribution in [0.15, 0.2) is 81.5 Å². The first kappa shape index (κ1) is 23.9. The number of amides is 1. The summed E-state index contributed by atoms with van der Waals surface area (Å²) in [6.07, 6.45) is 1.66. The first-order valence-electron chi connectivity index (χ1n) is 9.98. The fourth-order valence-electron chi connectivity index (χ4n) is 2.98. The number of rotatable bonds is 6. The van der Waals surface area contributed by atoms with E-state index in [4.69, 9.17) is 20.5 Å². The van der Waals surface area contributed by atoms with Gasteiger partial charge in [0.25, 0.3) is 5.91 Å². The Labute approximate surface area is 206 Å². The lowest BCUT2D eigenvalue weighted by atomic mass is 10.2. The molecule has 1 amide bonds. The number of hydrogen-bond donors (Lipinski definition) is 1. The van der Waals surface area contributed by atoms with Crippen LogP contribution in [0.4, 0.5) is 5.69 Å². The summed E-state index contributed by atoms with van der Waals surface area (Å²) in [4.78, 5) is 17.3. The molecule has 0 bridgehead atoms. The molecule has 1 saturated heterocycles. The van der Waals surface area contributed by atoms with Crippen molar-refractivity contribution in [2.45, 2.75) is 11.8 Å². The number of methoxy groups -OCH3 is 1. The summed E-state index contributed by atoms with van der Waals surface area (Å²) in [5.74, 6) is -0.0406. The lowest BCUT2D eigenvalue weighted by Gasteiger charge is -2.11. The Hall–Kier alpha value is -3.27. The lowest BCUT2D eigenvalue weighted by molar-refractivity contribution is -0.115. The molecule has 1 aliphatic heterocycles. The fourth-order valence-corrected chi connectivity index (χ4v) is 4.89. The summed E-state index contributed by atoms with van der Waals surface area (Å²) in [7, 11) is -2.63. The molecule has 1 heterocycles. The van der Waals surface area contributed by atoms with Crippen LogP contribution in [0.2, 0.25) is 5.02 Å². The van der Waals surface area contributed by atoms with Crippen molar-refractivity contribution in [2.24, 2.45) is 4.99 Å². The SMILES string of the molecule is COc1cc(/C=C2/SC(=Nc3ccc(Cl)cc3)NC2=O)ccc1OS(=O)(=O)c1ccc(C)cc1. The Kier molecular flexibility index (Phi) is 6.97. The van der Waals surface area contributed by atoms with E-state index >= 15 is 0 Å². The number of carbonyl (C=O) groups excluding carboxylic acids is 1. The molecule has 0 atom stereocenters. The fraction of sp³-hybridized carbons (Fsp3) is 0.0833. The highest BCUT2D eigenvalue weighted by Gasteiger charge is 2.24. The van der Waals surface area contributed by atoms with Gasteiger partial charge >= 0.3 is 10.1 Å². The minimum atomic E-state index is -4.03. The van der Waals surface area contributed by atoms with Crippen molar-refractivity contribution in [1.82, 2.24) is 5.32 Å². The smallest absolute Gasteiger partial charge is 0.339 e. The van der Waals surface area contributed by atoms with E-state index < -0.39 is 10.1 Å². The summed E-state index contributed by atoms with van der Waals surface area (Å²) in [5.41, 5.74) is 2.22. The molecule has 4 rings (SSSR count). The number of thioether (sulfide) groups is 1. The van der Waals surface area contributed by atoms with Gasteiger partial charge in [-0.05, 0) is 78.9 Å². The van der Waals surface area contributed by atoms with Crippen LogP contribution in [0, 0.1) is 6.92 Å². The molecular weight excluding hydrogens is 496 g/mol. The highest BCUT2D eigenvalue weighted by molar-refractivity contribution is 8.18. The second-order valence-electron chi connectivity index (χ2n) is 7.22. The molecular formula is C24H19ClN2O5S2. The second kappa shape index (κ2) is 9.92. The number of aliphatic imine (C=N–C) groups is 1. The van der Waals surface area contributed by atoms with E-state index in [1.165, 1.54) is 37.1 Å². The minimum absolute atomic E-state index is 0.0397. The number of nitrogens with one attached hydrogen (secondary N) is 1. The van der Waals surface area contributed by atoms with Gasteiger partial charge in [0, 0.05) is 5.02 Å². The van der Waals surface area contributed by atoms with E-state index in [0.717, 1.165) is 5.56 Å². The summed E-state index contributed by atoms with van der Waals surface area (Å²) >= 11 is 7.08. The first-order valence-corrected chi connectivity index (χ1v) is 12.6. The van der Waals surface area contributed by atoms with Gasteiger partial charge < -0.3 is 14.2 Å². The van der Waals surface area contributed by atoms with Crippen molar-refractivity contribution in [2.75, 3.05) is 7.11 Å². The molecule has 34 heavy (non-hydrogen) atoms. The first-order chi connectivity index (χ1) is 16.2. The largest absolute Gasteiger partial charge is 0.493 e.